The zero-order chi connectivity index (χ0) is 38.9. The Balaban J connectivity index is 1.10. The number of aromatic nitrogens is 2. The number of allylic oxidation sites excluding steroid dienone is 1. The molecule has 2 saturated heterocycles. The third-order valence-electron chi connectivity index (χ3n) is 11.1. The molecule has 17 heteroatoms. The molecular weight excluding hydrogens is 761 g/mol. The number of ether oxygens (including phenoxy) is 3. The smallest absolute Gasteiger partial charge is 0.408 e. The summed E-state index contributed by atoms with van der Waals surface area (Å²) in [6, 6.07) is 9.10. The fourth-order valence-corrected chi connectivity index (χ4v) is 9.84. The van der Waals surface area contributed by atoms with Crippen LogP contribution in [-0.2, 0) is 33.9 Å². The highest BCUT2D eigenvalue weighted by molar-refractivity contribution is 7.91. The number of fused-ring (bicyclic) bond motifs is 3. The Kier molecular flexibility index (Phi) is 11.0. The number of alkyl carbamates (subject to hydrolysis) is 1. The van der Waals surface area contributed by atoms with E-state index in [0.717, 1.165) is 17.7 Å². The standard InChI is InChI=1S/C39H46N6O9S2/c46-34-31-21-26(53-35-33(32-13-8-20-55-32)40-28-10-6-7-11-29(28)41-35)23-45(31)36(47)30(42-38(49)54-25-16-18-52-19-17-25)12-5-3-1-2-4-9-24-22-39(24,43-34)37(48)44-56(50,51)27-14-15-27/h4,6-11,13,20,24-27,30-31H,1-3,5,12,14-19,21-23H2,(H,42,49)(H,43,46)(H,44,48)/b9-4-/t24?,26-,30-,31+,39-/m1/s1. The third-order valence-corrected chi connectivity index (χ3v) is 13.8. The van der Waals surface area contributed by atoms with Crippen LogP contribution >= 0.6 is 11.3 Å². The zero-order valence-corrected chi connectivity index (χ0v) is 32.5. The van der Waals surface area contributed by atoms with Crippen molar-refractivity contribution in [3.63, 3.8) is 0 Å². The molecule has 2 aliphatic carbocycles. The molecule has 298 valence electrons. The summed E-state index contributed by atoms with van der Waals surface area (Å²) in [4.78, 5) is 68.0. The number of rotatable bonds is 8. The first kappa shape index (κ1) is 38.3. The number of thiophene rings is 1. The molecule has 4 fully saturated rings. The maximum absolute atomic E-state index is 14.6. The number of sulfonamides is 1. The van der Waals surface area contributed by atoms with E-state index in [1.807, 2.05) is 53.9 Å². The monoisotopic (exact) mass is 806 g/mol. The fourth-order valence-electron chi connectivity index (χ4n) is 7.77. The van der Waals surface area contributed by atoms with Gasteiger partial charge in [-0.3, -0.25) is 19.1 Å². The van der Waals surface area contributed by atoms with Crippen LogP contribution in [0.5, 0.6) is 5.88 Å². The molecule has 2 aromatic heterocycles. The minimum absolute atomic E-state index is 0.0267. The number of para-hydroxylation sites is 2. The maximum Gasteiger partial charge on any atom is 0.408 e. The van der Waals surface area contributed by atoms with Gasteiger partial charge in [-0.25, -0.2) is 23.2 Å². The van der Waals surface area contributed by atoms with E-state index in [0.29, 0.717) is 74.9 Å². The van der Waals surface area contributed by atoms with Crippen LogP contribution in [-0.4, -0.2) is 102 Å². The average molecular weight is 807 g/mol. The molecule has 3 aromatic rings. The van der Waals surface area contributed by atoms with E-state index in [1.54, 1.807) is 0 Å². The van der Waals surface area contributed by atoms with Crippen molar-refractivity contribution in [3.8, 4) is 16.5 Å². The first-order valence-corrected chi connectivity index (χ1v) is 21.9. The molecule has 0 spiro atoms. The van der Waals surface area contributed by atoms with Gasteiger partial charge in [-0.05, 0) is 62.1 Å². The molecule has 5 atom stereocenters. The third kappa shape index (κ3) is 8.39. The van der Waals surface area contributed by atoms with Crippen molar-refractivity contribution in [2.45, 2.75) is 106 Å². The van der Waals surface area contributed by atoms with Gasteiger partial charge in [0.25, 0.3) is 5.91 Å². The molecule has 0 bridgehead atoms. The summed E-state index contributed by atoms with van der Waals surface area (Å²) in [5.41, 5.74) is 0.303. The number of nitrogens with one attached hydrogen (secondary N) is 3. The molecule has 2 saturated carbocycles. The van der Waals surface area contributed by atoms with E-state index in [4.69, 9.17) is 24.2 Å². The molecular formula is C39H46N6O9S2. The van der Waals surface area contributed by atoms with Crippen molar-refractivity contribution in [1.29, 1.82) is 0 Å². The van der Waals surface area contributed by atoms with Crippen LogP contribution < -0.4 is 20.1 Å². The lowest BCUT2D eigenvalue weighted by Crippen LogP contribution is -2.58. The summed E-state index contributed by atoms with van der Waals surface area (Å²) in [6.45, 7) is 0.924. The van der Waals surface area contributed by atoms with Gasteiger partial charge in [-0.1, -0.05) is 43.2 Å². The lowest BCUT2D eigenvalue weighted by molar-refractivity contribution is -0.141. The van der Waals surface area contributed by atoms with Crippen LogP contribution in [0.25, 0.3) is 21.6 Å². The first-order valence-electron chi connectivity index (χ1n) is 19.5. The minimum Gasteiger partial charge on any atom is -0.471 e. The van der Waals surface area contributed by atoms with E-state index in [1.165, 1.54) is 16.2 Å². The number of hydrogen-bond donors (Lipinski definition) is 3. The maximum atomic E-state index is 14.6. The summed E-state index contributed by atoms with van der Waals surface area (Å²) in [7, 11) is -3.90. The number of benzene rings is 1. The highest BCUT2D eigenvalue weighted by Crippen LogP contribution is 2.46. The predicted octanol–water partition coefficient (Wildman–Crippen LogP) is 3.98. The van der Waals surface area contributed by atoms with Crippen molar-refractivity contribution in [2.24, 2.45) is 5.92 Å². The first-order chi connectivity index (χ1) is 27.1. The topological polar surface area (TPSA) is 195 Å². The predicted molar refractivity (Wildman–Crippen MR) is 206 cm³/mol. The Morgan fingerprint density at radius 2 is 1.75 bits per heavy atom. The van der Waals surface area contributed by atoms with Crippen LogP contribution in [0.3, 0.4) is 0 Å². The molecule has 56 heavy (non-hydrogen) atoms. The lowest BCUT2D eigenvalue weighted by Gasteiger charge is -2.30. The number of hydrogen-bond acceptors (Lipinski definition) is 12. The molecule has 3 N–H and O–H groups in total. The Morgan fingerprint density at radius 1 is 0.964 bits per heavy atom. The van der Waals surface area contributed by atoms with Gasteiger partial charge in [0.05, 0.1) is 40.9 Å². The number of nitrogens with zero attached hydrogens (tertiary/aromatic N) is 3. The van der Waals surface area contributed by atoms with Crippen LogP contribution in [0.1, 0.15) is 70.6 Å². The molecule has 3 aliphatic heterocycles. The molecule has 1 aromatic carbocycles. The number of amides is 4. The number of carbonyl (C=O) groups is 4. The molecule has 5 heterocycles. The van der Waals surface area contributed by atoms with E-state index >= 15 is 0 Å². The van der Waals surface area contributed by atoms with Gasteiger partial charge in [-0.15, -0.1) is 11.3 Å². The normalized spacial score (nSPS) is 28.2. The van der Waals surface area contributed by atoms with Gasteiger partial charge in [-0.2, -0.15) is 0 Å². The summed E-state index contributed by atoms with van der Waals surface area (Å²) < 4.78 is 45.6. The molecule has 4 amide bonds. The second-order valence-corrected chi connectivity index (χ2v) is 18.2. The highest BCUT2D eigenvalue weighted by atomic mass is 32.2. The largest absolute Gasteiger partial charge is 0.471 e. The van der Waals surface area contributed by atoms with Gasteiger partial charge in [0.1, 0.15) is 35.5 Å². The lowest BCUT2D eigenvalue weighted by atomic mass is 10.0. The van der Waals surface area contributed by atoms with Gasteiger partial charge in [0.15, 0.2) is 0 Å². The van der Waals surface area contributed by atoms with E-state index in [9.17, 15) is 27.6 Å². The van der Waals surface area contributed by atoms with Crippen LogP contribution in [0, 0.1) is 5.92 Å². The van der Waals surface area contributed by atoms with E-state index < -0.39 is 68.7 Å². The van der Waals surface area contributed by atoms with Crippen LogP contribution in [0.4, 0.5) is 4.79 Å². The van der Waals surface area contributed by atoms with Crippen molar-refractivity contribution >= 4 is 56.2 Å². The van der Waals surface area contributed by atoms with E-state index in [2.05, 4.69) is 15.4 Å². The Labute approximate surface area is 329 Å². The Hall–Kier alpha value is -4.61. The van der Waals surface area contributed by atoms with Crippen molar-refractivity contribution in [1.82, 2.24) is 30.2 Å². The van der Waals surface area contributed by atoms with Gasteiger partial charge >= 0.3 is 6.09 Å². The summed E-state index contributed by atoms with van der Waals surface area (Å²) in [5.74, 6) is -2.09. The second-order valence-electron chi connectivity index (χ2n) is 15.3. The average Bonchev–Trinajstić information content (AvgIpc) is 4.05. The molecule has 15 nitrogen and oxygen atoms in total. The van der Waals surface area contributed by atoms with Crippen molar-refractivity contribution in [3.05, 3.63) is 53.9 Å². The van der Waals surface area contributed by atoms with Crippen LogP contribution in [0.2, 0.25) is 0 Å². The highest BCUT2D eigenvalue weighted by Gasteiger charge is 2.62. The Bertz CT molecular complexity index is 2100. The SMILES string of the molecule is O=C(N[C@@H]1CCCCC/C=C\C2C[C@@]2(C(=O)NS(=O)(=O)C2CC2)NC(=O)[C@@H]2C[C@@H](Oc3nc4ccccc4nc3-c3cccs3)CN2C1=O)OC1CCOCC1. The number of carbonyl (C=O) groups excluding carboxylic acids is 4. The summed E-state index contributed by atoms with van der Waals surface area (Å²) in [6.07, 6.45) is 7.51. The second kappa shape index (κ2) is 16.1. The van der Waals surface area contributed by atoms with Gasteiger partial charge in [0.2, 0.25) is 27.7 Å². The molecule has 0 radical (unpaired) electrons. The summed E-state index contributed by atoms with van der Waals surface area (Å²) >= 11 is 1.47. The quantitative estimate of drug-likeness (QED) is 0.279. The fraction of sp³-hybridized carbons (Fsp3) is 0.538. The summed E-state index contributed by atoms with van der Waals surface area (Å²) in [5, 5.41) is 6.99. The van der Waals surface area contributed by atoms with Crippen molar-refractivity contribution < 1.29 is 41.8 Å². The zero-order valence-electron chi connectivity index (χ0n) is 30.9. The van der Waals surface area contributed by atoms with Crippen LogP contribution in [0.15, 0.2) is 53.9 Å². The van der Waals surface area contributed by atoms with Gasteiger partial charge in [0, 0.05) is 25.2 Å². The molecule has 8 rings (SSSR count). The molecule has 1 unspecified atom stereocenters. The molecule has 5 aliphatic rings. The van der Waals surface area contributed by atoms with Crippen molar-refractivity contribution in [2.75, 3.05) is 19.8 Å². The van der Waals surface area contributed by atoms with Gasteiger partial charge < -0.3 is 29.7 Å². The minimum atomic E-state index is -3.90. The van der Waals surface area contributed by atoms with E-state index in [-0.39, 0.29) is 31.4 Å². The Morgan fingerprint density at radius 3 is 2.50 bits per heavy atom.